The second-order valence-electron chi connectivity index (χ2n) is 8.26. The van der Waals surface area contributed by atoms with Crippen LogP contribution in [-0.4, -0.2) is 0 Å². The highest BCUT2D eigenvalue weighted by molar-refractivity contribution is 5.66. The molecule has 0 radical (unpaired) electrons. The fraction of sp³-hybridized carbons (Fsp3) is 0.667. The van der Waals surface area contributed by atoms with Crippen molar-refractivity contribution in [2.45, 2.75) is 90.4 Å². The van der Waals surface area contributed by atoms with Crippen molar-refractivity contribution in [1.82, 2.24) is 0 Å². The number of rotatable bonds is 6. The van der Waals surface area contributed by atoms with E-state index >= 15 is 0 Å². The summed E-state index contributed by atoms with van der Waals surface area (Å²) in [6.07, 6.45) is 17.8. The van der Waals surface area contributed by atoms with Crippen molar-refractivity contribution in [2.75, 3.05) is 0 Å². The van der Waals surface area contributed by atoms with Crippen LogP contribution in [0.1, 0.15) is 102 Å². The van der Waals surface area contributed by atoms with Gasteiger partial charge in [0.1, 0.15) is 0 Å². The lowest BCUT2D eigenvalue weighted by atomic mass is 9.77. The molecular formula is C24H36. The first-order chi connectivity index (χ1) is 11.8. The molecule has 3 rings (SSSR count). The molecule has 0 saturated heterocycles. The Morgan fingerprint density at radius 2 is 1.62 bits per heavy atom. The van der Waals surface area contributed by atoms with Crippen molar-refractivity contribution < 1.29 is 0 Å². The van der Waals surface area contributed by atoms with Crippen LogP contribution in [0.2, 0.25) is 0 Å². The van der Waals surface area contributed by atoms with Crippen LogP contribution in [-0.2, 0) is 0 Å². The maximum atomic E-state index is 2.51. The van der Waals surface area contributed by atoms with Gasteiger partial charge < -0.3 is 0 Å². The highest BCUT2D eigenvalue weighted by Crippen LogP contribution is 2.38. The van der Waals surface area contributed by atoms with E-state index in [9.17, 15) is 0 Å². The zero-order valence-electron chi connectivity index (χ0n) is 15.9. The standard InChI is InChI=1S/C24H36/c1-3-5-6-20-9-13-22(14-10-20)24-17-15-23(16-18-24)21-11-7-19(4-2)8-12-21/h11,15-20,22H,3-10,12-14H2,1-2H3/t19?,20-,22-. The van der Waals surface area contributed by atoms with Gasteiger partial charge in [0.25, 0.3) is 0 Å². The third-order valence-electron chi connectivity index (χ3n) is 6.66. The summed E-state index contributed by atoms with van der Waals surface area (Å²) in [4.78, 5) is 0. The highest BCUT2D eigenvalue weighted by atomic mass is 14.3. The molecule has 24 heavy (non-hydrogen) atoms. The number of allylic oxidation sites excluding steroid dienone is 2. The van der Waals surface area contributed by atoms with Gasteiger partial charge in [0, 0.05) is 0 Å². The Labute approximate surface area is 149 Å². The molecule has 0 aromatic heterocycles. The zero-order chi connectivity index (χ0) is 16.8. The van der Waals surface area contributed by atoms with Crippen LogP contribution in [0.3, 0.4) is 0 Å². The molecular weight excluding hydrogens is 288 g/mol. The number of unbranched alkanes of at least 4 members (excludes halogenated alkanes) is 1. The Kier molecular flexibility index (Phi) is 6.58. The summed E-state index contributed by atoms with van der Waals surface area (Å²) in [5.41, 5.74) is 4.66. The molecule has 2 aliphatic rings. The number of hydrogen-bond acceptors (Lipinski definition) is 0. The summed E-state index contributed by atoms with van der Waals surface area (Å²) in [6, 6.07) is 9.66. The van der Waals surface area contributed by atoms with Gasteiger partial charge in [-0.05, 0) is 79.4 Å². The fourth-order valence-corrected chi connectivity index (χ4v) is 4.77. The van der Waals surface area contributed by atoms with Crippen LogP contribution < -0.4 is 0 Å². The summed E-state index contributed by atoms with van der Waals surface area (Å²) in [5, 5.41) is 0. The molecule has 0 amide bonds. The van der Waals surface area contributed by atoms with Crippen molar-refractivity contribution in [3.05, 3.63) is 41.5 Å². The van der Waals surface area contributed by atoms with Crippen molar-refractivity contribution >= 4 is 5.57 Å². The molecule has 0 heterocycles. The molecule has 1 saturated carbocycles. The van der Waals surface area contributed by atoms with Crippen molar-refractivity contribution in [2.24, 2.45) is 11.8 Å². The zero-order valence-corrected chi connectivity index (χ0v) is 15.9. The lowest BCUT2D eigenvalue weighted by Crippen LogP contribution is -2.13. The number of hydrogen-bond donors (Lipinski definition) is 0. The minimum Gasteiger partial charge on any atom is -0.0804 e. The first-order valence-electron chi connectivity index (χ1n) is 10.6. The van der Waals surface area contributed by atoms with E-state index < -0.39 is 0 Å². The molecule has 0 nitrogen and oxygen atoms in total. The van der Waals surface area contributed by atoms with Crippen LogP contribution in [0.5, 0.6) is 0 Å². The third kappa shape index (κ3) is 4.52. The number of benzene rings is 1. The van der Waals surface area contributed by atoms with Crippen LogP contribution in [0.25, 0.3) is 5.57 Å². The molecule has 1 aromatic rings. The minimum absolute atomic E-state index is 0.821. The lowest BCUT2D eigenvalue weighted by Gasteiger charge is -2.29. The maximum Gasteiger partial charge on any atom is -0.0162 e. The minimum atomic E-state index is 0.821. The van der Waals surface area contributed by atoms with Gasteiger partial charge in [-0.3, -0.25) is 0 Å². The maximum absolute atomic E-state index is 2.51. The van der Waals surface area contributed by atoms with Gasteiger partial charge in [0.05, 0.1) is 0 Å². The second kappa shape index (κ2) is 8.88. The summed E-state index contributed by atoms with van der Waals surface area (Å²) in [5.74, 6) is 2.76. The van der Waals surface area contributed by atoms with Gasteiger partial charge >= 0.3 is 0 Å². The van der Waals surface area contributed by atoms with Gasteiger partial charge in [0.15, 0.2) is 0 Å². The normalized spacial score (nSPS) is 27.8. The molecule has 0 N–H and O–H groups in total. The molecule has 0 heteroatoms. The van der Waals surface area contributed by atoms with Crippen LogP contribution >= 0.6 is 0 Å². The fourth-order valence-electron chi connectivity index (χ4n) is 4.77. The third-order valence-corrected chi connectivity index (χ3v) is 6.66. The van der Waals surface area contributed by atoms with Gasteiger partial charge in [-0.15, -0.1) is 0 Å². The molecule has 0 spiro atoms. The molecule has 1 atom stereocenters. The summed E-state index contributed by atoms with van der Waals surface area (Å²) in [7, 11) is 0. The Bertz CT molecular complexity index is 513. The summed E-state index contributed by atoms with van der Waals surface area (Å²) >= 11 is 0. The van der Waals surface area contributed by atoms with Gasteiger partial charge in [-0.2, -0.15) is 0 Å². The van der Waals surface area contributed by atoms with Gasteiger partial charge in [0.2, 0.25) is 0 Å². The first-order valence-corrected chi connectivity index (χ1v) is 10.6. The molecule has 2 aliphatic carbocycles. The molecule has 0 aliphatic heterocycles. The lowest BCUT2D eigenvalue weighted by molar-refractivity contribution is 0.304. The van der Waals surface area contributed by atoms with E-state index in [0.29, 0.717) is 0 Å². The second-order valence-corrected chi connectivity index (χ2v) is 8.26. The Morgan fingerprint density at radius 1 is 0.875 bits per heavy atom. The van der Waals surface area contributed by atoms with Crippen LogP contribution in [0.4, 0.5) is 0 Å². The predicted octanol–water partition coefficient (Wildman–Crippen LogP) is 7.74. The van der Waals surface area contributed by atoms with E-state index in [1.54, 1.807) is 11.1 Å². The van der Waals surface area contributed by atoms with Crippen molar-refractivity contribution in [3.8, 4) is 0 Å². The van der Waals surface area contributed by atoms with Crippen molar-refractivity contribution in [3.63, 3.8) is 0 Å². The van der Waals surface area contributed by atoms with Crippen molar-refractivity contribution in [1.29, 1.82) is 0 Å². The van der Waals surface area contributed by atoms with E-state index in [2.05, 4.69) is 44.2 Å². The first kappa shape index (κ1) is 17.8. The summed E-state index contributed by atoms with van der Waals surface area (Å²) in [6.45, 7) is 4.65. The quantitative estimate of drug-likeness (QED) is 0.502. The molecule has 1 unspecified atom stereocenters. The largest absolute Gasteiger partial charge is 0.0804 e. The molecule has 0 bridgehead atoms. The van der Waals surface area contributed by atoms with E-state index in [4.69, 9.17) is 0 Å². The van der Waals surface area contributed by atoms with Gasteiger partial charge in [-0.1, -0.05) is 69.9 Å². The average Bonchev–Trinajstić information content (AvgIpc) is 2.67. The van der Waals surface area contributed by atoms with Gasteiger partial charge in [-0.25, -0.2) is 0 Å². The van der Waals surface area contributed by atoms with Crippen LogP contribution in [0.15, 0.2) is 30.3 Å². The average molecular weight is 325 g/mol. The topological polar surface area (TPSA) is 0 Å². The van der Waals surface area contributed by atoms with E-state index in [1.165, 1.54) is 76.2 Å². The van der Waals surface area contributed by atoms with E-state index in [-0.39, 0.29) is 0 Å². The Hall–Kier alpha value is -1.04. The smallest absolute Gasteiger partial charge is 0.0162 e. The summed E-state index contributed by atoms with van der Waals surface area (Å²) < 4.78 is 0. The molecule has 1 fully saturated rings. The Morgan fingerprint density at radius 3 is 2.21 bits per heavy atom. The van der Waals surface area contributed by atoms with Crippen LogP contribution in [0, 0.1) is 11.8 Å². The monoisotopic (exact) mass is 324 g/mol. The predicted molar refractivity (Wildman–Crippen MR) is 106 cm³/mol. The SMILES string of the molecule is CCCC[C@H]1CC[C@H](c2ccc(C3=CCC(CC)CC3)cc2)CC1. The highest BCUT2D eigenvalue weighted by Gasteiger charge is 2.22. The molecule has 1 aromatic carbocycles. The Balaban J connectivity index is 1.55. The van der Waals surface area contributed by atoms with E-state index in [1.807, 2.05) is 0 Å². The van der Waals surface area contributed by atoms with E-state index in [0.717, 1.165) is 17.8 Å². The molecule has 132 valence electrons.